The Balaban J connectivity index is 1.91. The molecule has 0 aliphatic carbocycles. The number of hydrogen-bond donors (Lipinski definition) is 2. The summed E-state index contributed by atoms with van der Waals surface area (Å²) >= 11 is 0. The number of anilines is 1. The van der Waals surface area contributed by atoms with Crippen LogP contribution in [-0.4, -0.2) is 11.8 Å². The van der Waals surface area contributed by atoms with Gasteiger partial charge in [-0.3, -0.25) is 9.59 Å². The Kier molecular flexibility index (Phi) is 6.13. The van der Waals surface area contributed by atoms with Crippen LogP contribution in [0, 0.1) is 11.3 Å². The first kappa shape index (κ1) is 19.2. The molecule has 134 valence electrons. The lowest BCUT2D eigenvalue weighted by Crippen LogP contribution is -2.23. The van der Waals surface area contributed by atoms with Gasteiger partial charge in [0.2, 0.25) is 5.91 Å². The molecular weight excluding hydrogens is 326 g/mol. The molecule has 2 aromatic rings. The molecule has 2 aromatic carbocycles. The number of carbonyl (C=O) groups is 2. The maximum Gasteiger partial charge on any atom is 0.251 e. The fraction of sp³-hybridized carbons (Fsp3) is 0.286. The quantitative estimate of drug-likeness (QED) is 0.862. The van der Waals surface area contributed by atoms with Crippen LogP contribution in [-0.2, 0) is 16.8 Å². The van der Waals surface area contributed by atoms with E-state index in [1.807, 2.05) is 36.4 Å². The predicted octanol–water partition coefficient (Wildman–Crippen LogP) is 3.77. The van der Waals surface area contributed by atoms with Crippen molar-refractivity contribution in [3.05, 3.63) is 65.2 Å². The highest BCUT2D eigenvalue weighted by Gasteiger charge is 2.14. The van der Waals surface area contributed by atoms with Crippen molar-refractivity contribution in [1.82, 2.24) is 5.32 Å². The number of nitrogens with one attached hydrogen (secondary N) is 2. The topological polar surface area (TPSA) is 82.0 Å². The largest absolute Gasteiger partial charge is 0.348 e. The monoisotopic (exact) mass is 349 g/mol. The summed E-state index contributed by atoms with van der Waals surface area (Å²) in [6.07, 6.45) is -0.175. The zero-order chi connectivity index (χ0) is 19.2. The second-order valence-corrected chi connectivity index (χ2v) is 7.09. The Bertz CT molecular complexity index is 810. The number of nitrogens with zero attached hydrogens (tertiary/aromatic N) is 1. The normalized spacial score (nSPS) is 10.7. The van der Waals surface area contributed by atoms with Crippen molar-refractivity contribution < 1.29 is 9.59 Å². The minimum atomic E-state index is -0.341. The minimum Gasteiger partial charge on any atom is -0.348 e. The number of benzene rings is 2. The molecule has 0 aliphatic rings. The Morgan fingerprint density at radius 2 is 1.62 bits per heavy atom. The molecule has 0 radical (unpaired) electrons. The molecule has 0 aromatic heterocycles. The molecule has 0 spiro atoms. The lowest BCUT2D eigenvalue weighted by molar-refractivity contribution is -0.115. The molecule has 0 heterocycles. The van der Waals surface area contributed by atoms with Crippen LogP contribution in [0.25, 0.3) is 0 Å². The van der Waals surface area contributed by atoms with Gasteiger partial charge in [-0.15, -0.1) is 0 Å². The molecule has 0 atom stereocenters. The maximum absolute atomic E-state index is 12.3. The average molecular weight is 349 g/mol. The zero-order valence-electron chi connectivity index (χ0n) is 15.3. The lowest BCUT2D eigenvalue weighted by atomic mass is 9.87. The summed E-state index contributed by atoms with van der Waals surface area (Å²) in [4.78, 5) is 23.6. The van der Waals surface area contributed by atoms with Crippen LogP contribution >= 0.6 is 0 Å². The maximum atomic E-state index is 12.3. The van der Waals surface area contributed by atoms with Crippen molar-refractivity contribution in [2.75, 3.05) is 5.32 Å². The number of hydrogen-bond acceptors (Lipinski definition) is 3. The standard InChI is InChI=1S/C21H23N3O2/c1-21(2,3)17-8-6-16(7-9-17)20(26)23-14-15-4-10-18(11-5-15)24-19(25)12-13-22/h4-11H,12,14H2,1-3H3,(H,23,26)(H,24,25). The van der Waals surface area contributed by atoms with Gasteiger partial charge in [-0.2, -0.15) is 5.26 Å². The molecule has 0 bridgehead atoms. The van der Waals surface area contributed by atoms with Gasteiger partial charge in [0, 0.05) is 17.8 Å². The van der Waals surface area contributed by atoms with E-state index in [1.54, 1.807) is 18.2 Å². The Hall–Kier alpha value is -3.13. The van der Waals surface area contributed by atoms with Crippen LogP contribution in [0.2, 0.25) is 0 Å². The fourth-order valence-corrected chi connectivity index (χ4v) is 2.39. The summed E-state index contributed by atoms with van der Waals surface area (Å²) in [6, 6.07) is 16.6. The van der Waals surface area contributed by atoms with E-state index < -0.39 is 0 Å². The Morgan fingerprint density at radius 3 is 2.15 bits per heavy atom. The van der Waals surface area contributed by atoms with Gasteiger partial charge in [-0.25, -0.2) is 0 Å². The summed E-state index contributed by atoms with van der Waals surface area (Å²) < 4.78 is 0. The van der Waals surface area contributed by atoms with Crippen molar-refractivity contribution in [3.8, 4) is 6.07 Å². The highest BCUT2D eigenvalue weighted by Crippen LogP contribution is 2.22. The number of amides is 2. The van der Waals surface area contributed by atoms with Crippen molar-refractivity contribution in [1.29, 1.82) is 5.26 Å². The van der Waals surface area contributed by atoms with Crippen LogP contribution < -0.4 is 10.6 Å². The summed E-state index contributed by atoms with van der Waals surface area (Å²) in [7, 11) is 0. The molecule has 0 fully saturated rings. The van der Waals surface area contributed by atoms with E-state index in [0.29, 0.717) is 17.8 Å². The van der Waals surface area contributed by atoms with E-state index in [1.165, 1.54) is 5.56 Å². The van der Waals surface area contributed by atoms with Gasteiger partial charge in [0.1, 0.15) is 6.42 Å². The first-order chi connectivity index (χ1) is 12.3. The molecule has 5 nitrogen and oxygen atoms in total. The van der Waals surface area contributed by atoms with Crippen molar-refractivity contribution in [2.45, 2.75) is 39.2 Å². The first-order valence-corrected chi connectivity index (χ1v) is 8.44. The Labute approximate surface area is 154 Å². The molecule has 0 saturated carbocycles. The molecule has 0 unspecified atom stereocenters. The lowest BCUT2D eigenvalue weighted by Gasteiger charge is -2.19. The van der Waals surface area contributed by atoms with E-state index in [0.717, 1.165) is 5.56 Å². The van der Waals surface area contributed by atoms with E-state index in [-0.39, 0.29) is 23.7 Å². The van der Waals surface area contributed by atoms with Crippen LogP contribution in [0.5, 0.6) is 0 Å². The van der Waals surface area contributed by atoms with Crippen molar-refractivity contribution in [3.63, 3.8) is 0 Å². The fourth-order valence-electron chi connectivity index (χ4n) is 2.39. The molecule has 0 saturated heterocycles. The van der Waals surface area contributed by atoms with Gasteiger partial charge in [-0.1, -0.05) is 45.0 Å². The molecular formula is C21H23N3O2. The molecule has 26 heavy (non-hydrogen) atoms. The van der Waals surface area contributed by atoms with E-state index in [9.17, 15) is 9.59 Å². The third kappa shape index (κ3) is 5.45. The molecule has 0 aliphatic heterocycles. The summed E-state index contributed by atoms with van der Waals surface area (Å²) in [5.74, 6) is -0.468. The van der Waals surface area contributed by atoms with Gasteiger partial charge in [0.15, 0.2) is 0 Å². The summed E-state index contributed by atoms with van der Waals surface area (Å²) in [5, 5.41) is 14.0. The molecule has 2 amide bonds. The summed E-state index contributed by atoms with van der Waals surface area (Å²) in [6.45, 7) is 6.80. The van der Waals surface area contributed by atoms with E-state index in [4.69, 9.17) is 5.26 Å². The van der Waals surface area contributed by atoms with E-state index >= 15 is 0 Å². The van der Waals surface area contributed by atoms with Crippen LogP contribution in [0.15, 0.2) is 48.5 Å². The third-order valence-corrected chi connectivity index (χ3v) is 3.94. The second-order valence-electron chi connectivity index (χ2n) is 7.09. The van der Waals surface area contributed by atoms with Gasteiger partial charge >= 0.3 is 0 Å². The van der Waals surface area contributed by atoms with Crippen LogP contribution in [0.4, 0.5) is 5.69 Å². The van der Waals surface area contributed by atoms with E-state index in [2.05, 4.69) is 31.4 Å². The smallest absolute Gasteiger partial charge is 0.251 e. The SMILES string of the molecule is CC(C)(C)c1ccc(C(=O)NCc2ccc(NC(=O)CC#N)cc2)cc1. The molecule has 2 N–H and O–H groups in total. The minimum absolute atomic E-state index is 0.0550. The number of carbonyl (C=O) groups excluding carboxylic acids is 2. The Morgan fingerprint density at radius 1 is 1.00 bits per heavy atom. The first-order valence-electron chi connectivity index (χ1n) is 8.44. The van der Waals surface area contributed by atoms with Crippen LogP contribution in [0.1, 0.15) is 48.7 Å². The number of rotatable bonds is 5. The highest BCUT2D eigenvalue weighted by molar-refractivity contribution is 5.94. The molecule has 5 heteroatoms. The van der Waals surface area contributed by atoms with Gasteiger partial charge in [0.25, 0.3) is 5.91 Å². The highest BCUT2D eigenvalue weighted by atomic mass is 16.2. The second kappa shape index (κ2) is 8.30. The van der Waals surface area contributed by atoms with Gasteiger partial charge < -0.3 is 10.6 Å². The summed E-state index contributed by atoms with van der Waals surface area (Å²) in [5.41, 5.74) is 3.40. The predicted molar refractivity (Wildman–Crippen MR) is 102 cm³/mol. The number of nitriles is 1. The van der Waals surface area contributed by atoms with Gasteiger partial charge in [0.05, 0.1) is 6.07 Å². The zero-order valence-corrected chi connectivity index (χ0v) is 15.3. The third-order valence-electron chi connectivity index (χ3n) is 3.94. The van der Waals surface area contributed by atoms with Crippen molar-refractivity contribution >= 4 is 17.5 Å². The van der Waals surface area contributed by atoms with Crippen LogP contribution in [0.3, 0.4) is 0 Å². The van der Waals surface area contributed by atoms with Crippen molar-refractivity contribution in [2.24, 2.45) is 0 Å². The van der Waals surface area contributed by atoms with Gasteiger partial charge in [-0.05, 0) is 40.8 Å². The molecule has 2 rings (SSSR count). The average Bonchev–Trinajstić information content (AvgIpc) is 2.60.